The van der Waals surface area contributed by atoms with Gasteiger partial charge in [-0.3, -0.25) is 0 Å². The number of ether oxygens (including phenoxy) is 2. The number of hydrogen-bond donors (Lipinski definition) is 1. The van der Waals surface area contributed by atoms with Crippen molar-refractivity contribution in [3.63, 3.8) is 0 Å². The number of nitrogens with two attached hydrogens (primary N) is 1. The largest absolute Gasteiger partial charge is 0.493 e. The van der Waals surface area contributed by atoms with E-state index in [1.54, 1.807) is 14.2 Å². The van der Waals surface area contributed by atoms with Gasteiger partial charge in [0.1, 0.15) is 0 Å². The van der Waals surface area contributed by atoms with Crippen molar-refractivity contribution in [2.45, 2.75) is 38.5 Å². The molecule has 1 atom stereocenters. The molecule has 0 heterocycles. The van der Waals surface area contributed by atoms with Gasteiger partial charge in [0.05, 0.1) is 14.2 Å². The predicted octanol–water partition coefficient (Wildman–Crippen LogP) is 3.33. The van der Waals surface area contributed by atoms with Gasteiger partial charge in [0.2, 0.25) is 0 Å². The van der Waals surface area contributed by atoms with Gasteiger partial charge in [-0.1, -0.05) is 32.3 Å². The van der Waals surface area contributed by atoms with Gasteiger partial charge in [-0.05, 0) is 36.6 Å². The molecule has 1 aromatic rings. The summed E-state index contributed by atoms with van der Waals surface area (Å²) >= 11 is 0. The molecule has 3 nitrogen and oxygen atoms in total. The first kappa shape index (κ1) is 14.8. The number of methoxy groups -OCH3 is 2. The number of hydrogen-bond acceptors (Lipinski definition) is 3. The van der Waals surface area contributed by atoms with E-state index in [0.29, 0.717) is 12.5 Å². The Morgan fingerprint density at radius 1 is 1.11 bits per heavy atom. The van der Waals surface area contributed by atoms with Crippen LogP contribution in [0.3, 0.4) is 0 Å². The van der Waals surface area contributed by atoms with E-state index >= 15 is 0 Å². The van der Waals surface area contributed by atoms with Crippen LogP contribution in [0.1, 0.15) is 44.1 Å². The van der Waals surface area contributed by atoms with Crippen LogP contribution in [-0.4, -0.2) is 20.8 Å². The highest BCUT2D eigenvalue weighted by Gasteiger charge is 2.12. The smallest absolute Gasteiger partial charge is 0.160 e. The second-order valence-electron chi connectivity index (χ2n) is 4.54. The van der Waals surface area contributed by atoms with Crippen LogP contribution in [0.2, 0.25) is 0 Å². The third kappa shape index (κ3) is 3.91. The lowest BCUT2D eigenvalue weighted by molar-refractivity contribution is 0.354. The normalized spacial score (nSPS) is 12.2. The number of rotatable bonds is 8. The van der Waals surface area contributed by atoms with Gasteiger partial charge in [-0.15, -0.1) is 0 Å². The molecule has 0 amide bonds. The molecule has 2 N–H and O–H groups in total. The first-order chi connectivity index (χ1) is 8.76. The Morgan fingerprint density at radius 3 is 2.39 bits per heavy atom. The van der Waals surface area contributed by atoms with Crippen LogP contribution in [-0.2, 0) is 0 Å². The first-order valence-corrected chi connectivity index (χ1v) is 6.68. The summed E-state index contributed by atoms with van der Waals surface area (Å²) in [5, 5.41) is 0. The summed E-state index contributed by atoms with van der Waals surface area (Å²) in [5.74, 6) is 1.96. The molecule has 0 fully saturated rings. The second kappa shape index (κ2) is 7.98. The van der Waals surface area contributed by atoms with E-state index in [0.717, 1.165) is 17.9 Å². The van der Waals surface area contributed by atoms with Crippen molar-refractivity contribution in [3.05, 3.63) is 23.8 Å². The lowest BCUT2D eigenvalue weighted by atomic mass is 9.93. The van der Waals surface area contributed by atoms with Crippen LogP contribution in [0, 0.1) is 0 Å². The Hall–Kier alpha value is -1.22. The molecule has 102 valence electrons. The van der Waals surface area contributed by atoms with Crippen molar-refractivity contribution in [2.75, 3.05) is 20.8 Å². The molecule has 0 saturated carbocycles. The molecular weight excluding hydrogens is 226 g/mol. The van der Waals surface area contributed by atoms with Crippen LogP contribution in [0.25, 0.3) is 0 Å². The summed E-state index contributed by atoms with van der Waals surface area (Å²) in [7, 11) is 3.31. The van der Waals surface area contributed by atoms with E-state index in [1.165, 1.54) is 24.8 Å². The molecule has 1 rings (SSSR count). The van der Waals surface area contributed by atoms with Gasteiger partial charge >= 0.3 is 0 Å². The highest BCUT2D eigenvalue weighted by Crippen LogP contribution is 2.32. The minimum Gasteiger partial charge on any atom is -0.493 e. The lowest BCUT2D eigenvalue weighted by Crippen LogP contribution is -2.12. The maximum atomic E-state index is 5.88. The molecule has 3 heteroatoms. The lowest BCUT2D eigenvalue weighted by Gasteiger charge is -2.17. The van der Waals surface area contributed by atoms with Crippen molar-refractivity contribution in [3.8, 4) is 11.5 Å². The highest BCUT2D eigenvalue weighted by molar-refractivity contribution is 5.44. The molecule has 0 bridgehead atoms. The Labute approximate surface area is 110 Å². The van der Waals surface area contributed by atoms with Crippen molar-refractivity contribution in [1.29, 1.82) is 0 Å². The van der Waals surface area contributed by atoms with Crippen LogP contribution >= 0.6 is 0 Å². The molecule has 1 unspecified atom stereocenters. The van der Waals surface area contributed by atoms with E-state index in [-0.39, 0.29) is 0 Å². The summed E-state index contributed by atoms with van der Waals surface area (Å²) in [6.07, 6.45) is 4.87. The quantitative estimate of drug-likeness (QED) is 0.721. The maximum Gasteiger partial charge on any atom is 0.160 e. The minimum absolute atomic E-state index is 0.413. The third-order valence-corrected chi connectivity index (χ3v) is 3.32. The molecule has 1 aromatic carbocycles. The van der Waals surface area contributed by atoms with Gasteiger partial charge in [-0.25, -0.2) is 0 Å². The van der Waals surface area contributed by atoms with Crippen LogP contribution in [0.4, 0.5) is 0 Å². The standard InChI is InChI=1S/C15H25NO2/c1-4-5-6-7-13(11-16)12-8-9-14(17-2)15(10-12)18-3/h8-10,13H,4-7,11,16H2,1-3H3. The molecule has 18 heavy (non-hydrogen) atoms. The van der Waals surface area contributed by atoms with E-state index in [4.69, 9.17) is 15.2 Å². The summed E-state index contributed by atoms with van der Waals surface area (Å²) in [4.78, 5) is 0. The Balaban J connectivity index is 2.79. The minimum atomic E-state index is 0.413. The Morgan fingerprint density at radius 2 is 1.83 bits per heavy atom. The molecule has 0 saturated heterocycles. The van der Waals surface area contributed by atoms with Gasteiger partial charge < -0.3 is 15.2 Å². The van der Waals surface area contributed by atoms with Crippen LogP contribution < -0.4 is 15.2 Å². The zero-order valence-corrected chi connectivity index (χ0v) is 11.7. The topological polar surface area (TPSA) is 44.5 Å². The fourth-order valence-corrected chi connectivity index (χ4v) is 2.17. The van der Waals surface area contributed by atoms with Gasteiger partial charge in [-0.2, -0.15) is 0 Å². The summed E-state index contributed by atoms with van der Waals surface area (Å²) in [6, 6.07) is 6.09. The van der Waals surface area contributed by atoms with Gasteiger partial charge in [0.15, 0.2) is 11.5 Å². The second-order valence-corrected chi connectivity index (χ2v) is 4.54. The number of unbranched alkanes of at least 4 members (excludes halogenated alkanes) is 2. The van der Waals surface area contributed by atoms with E-state index in [2.05, 4.69) is 13.0 Å². The molecule has 0 aliphatic carbocycles. The fraction of sp³-hybridized carbons (Fsp3) is 0.600. The van der Waals surface area contributed by atoms with Crippen molar-refractivity contribution in [1.82, 2.24) is 0 Å². The zero-order chi connectivity index (χ0) is 13.4. The van der Waals surface area contributed by atoms with E-state index < -0.39 is 0 Å². The molecular formula is C15H25NO2. The molecule has 0 aliphatic heterocycles. The van der Waals surface area contributed by atoms with Crippen LogP contribution in [0.5, 0.6) is 11.5 Å². The highest BCUT2D eigenvalue weighted by atomic mass is 16.5. The maximum absolute atomic E-state index is 5.88. The SMILES string of the molecule is CCCCCC(CN)c1ccc(OC)c(OC)c1. The van der Waals surface area contributed by atoms with Gasteiger partial charge in [0.25, 0.3) is 0 Å². The average Bonchev–Trinajstić information content (AvgIpc) is 2.43. The van der Waals surface area contributed by atoms with Gasteiger partial charge in [0, 0.05) is 0 Å². The summed E-state index contributed by atoms with van der Waals surface area (Å²) in [6.45, 7) is 2.90. The summed E-state index contributed by atoms with van der Waals surface area (Å²) < 4.78 is 10.6. The Kier molecular flexibility index (Phi) is 6.58. The predicted molar refractivity (Wildman–Crippen MR) is 75.5 cm³/mol. The Bertz CT molecular complexity index is 352. The van der Waals surface area contributed by atoms with Crippen LogP contribution in [0.15, 0.2) is 18.2 Å². The zero-order valence-electron chi connectivity index (χ0n) is 11.7. The monoisotopic (exact) mass is 251 g/mol. The van der Waals surface area contributed by atoms with E-state index in [1.807, 2.05) is 12.1 Å². The average molecular weight is 251 g/mol. The summed E-state index contributed by atoms with van der Waals surface area (Å²) in [5.41, 5.74) is 7.12. The van der Waals surface area contributed by atoms with Crippen molar-refractivity contribution >= 4 is 0 Å². The molecule has 0 radical (unpaired) electrons. The molecule has 0 aromatic heterocycles. The fourth-order valence-electron chi connectivity index (χ4n) is 2.17. The molecule has 0 spiro atoms. The van der Waals surface area contributed by atoms with E-state index in [9.17, 15) is 0 Å². The van der Waals surface area contributed by atoms with Crippen molar-refractivity contribution < 1.29 is 9.47 Å². The number of benzene rings is 1. The third-order valence-electron chi connectivity index (χ3n) is 3.32. The van der Waals surface area contributed by atoms with Crippen molar-refractivity contribution in [2.24, 2.45) is 5.73 Å². The first-order valence-electron chi connectivity index (χ1n) is 6.68. The molecule has 0 aliphatic rings.